The number of amides is 1. The minimum absolute atomic E-state index is 0.0283. The number of rotatable bonds is 6. The van der Waals surface area contributed by atoms with Gasteiger partial charge in [-0.3, -0.25) is 14.9 Å². The number of hydrogen-bond acceptors (Lipinski definition) is 4. The summed E-state index contributed by atoms with van der Waals surface area (Å²) in [6.07, 6.45) is 0. The van der Waals surface area contributed by atoms with Crippen molar-refractivity contribution in [1.29, 1.82) is 0 Å². The van der Waals surface area contributed by atoms with E-state index in [1.54, 1.807) is 31.2 Å². The molecule has 7 heteroatoms. The Bertz CT molecular complexity index is 734. The number of carbonyl (C=O) groups is 1. The van der Waals surface area contributed by atoms with Gasteiger partial charge in [-0.15, -0.1) is 0 Å². The molecule has 0 atom stereocenters. The molecule has 0 unspecified atom stereocenters. The normalized spacial score (nSPS) is 10.2. The standard InChI is InChI=1S/C16H16FN3O3/c1-11-6-7-12(10-13(11)17)16(21)19-9-8-18-14-4-2-3-5-15(14)20(22)23/h2-7,10,18H,8-9H2,1H3,(H,19,21). The van der Waals surface area contributed by atoms with Crippen LogP contribution in [0.2, 0.25) is 0 Å². The molecule has 0 saturated carbocycles. The quantitative estimate of drug-likeness (QED) is 0.487. The lowest BCUT2D eigenvalue weighted by atomic mass is 10.1. The predicted octanol–water partition coefficient (Wildman–Crippen LogP) is 2.88. The van der Waals surface area contributed by atoms with Crippen LogP contribution in [0.5, 0.6) is 0 Å². The second-order valence-electron chi connectivity index (χ2n) is 4.92. The number of halogens is 1. The molecule has 2 aromatic rings. The van der Waals surface area contributed by atoms with Crippen molar-refractivity contribution < 1.29 is 14.1 Å². The molecule has 6 nitrogen and oxygen atoms in total. The Kier molecular flexibility index (Phi) is 5.24. The van der Waals surface area contributed by atoms with E-state index in [9.17, 15) is 19.3 Å². The number of nitro benzene ring substituents is 1. The summed E-state index contributed by atoms with van der Waals surface area (Å²) in [5, 5.41) is 16.4. The lowest BCUT2D eigenvalue weighted by Gasteiger charge is -2.09. The van der Waals surface area contributed by atoms with Gasteiger partial charge in [-0.05, 0) is 30.7 Å². The van der Waals surface area contributed by atoms with Crippen LogP contribution in [0.4, 0.5) is 15.8 Å². The minimum atomic E-state index is -0.476. The van der Waals surface area contributed by atoms with E-state index < -0.39 is 16.6 Å². The average molecular weight is 317 g/mol. The number of nitrogens with one attached hydrogen (secondary N) is 2. The van der Waals surface area contributed by atoms with Crippen molar-refractivity contribution >= 4 is 17.3 Å². The smallest absolute Gasteiger partial charge is 0.292 e. The molecule has 2 rings (SSSR count). The number of nitro groups is 1. The maximum atomic E-state index is 13.4. The summed E-state index contributed by atoms with van der Waals surface area (Å²) < 4.78 is 13.4. The number of carbonyl (C=O) groups excluding carboxylic acids is 1. The van der Waals surface area contributed by atoms with Crippen LogP contribution in [0.15, 0.2) is 42.5 Å². The van der Waals surface area contributed by atoms with E-state index >= 15 is 0 Å². The van der Waals surface area contributed by atoms with Gasteiger partial charge in [-0.1, -0.05) is 18.2 Å². The highest BCUT2D eigenvalue weighted by molar-refractivity contribution is 5.94. The summed E-state index contributed by atoms with van der Waals surface area (Å²) >= 11 is 0. The zero-order chi connectivity index (χ0) is 16.8. The first-order valence-electron chi connectivity index (χ1n) is 7.00. The third kappa shape index (κ3) is 4.26. The van der Waals surface area contributed by atoms with Crippen LogP contribution in [0, 0.1) is 22.9 Å². The topological polar surface area (TPSA) is 84.3 Å². The zero-order valence-corrected chi connectivity index (χ0v) is 12.5. The van der Waals surface area contributed by atoms with Gasteiger partial charge >= 0.3 is 0 Å². The summed E-state index contributed by atoms with van der Waals surface area (Å²) in [6.45, 7) is 2.18. The molecular formula is C16H16FN3O3. The zero-order valence-electron chi connectivity index (χ0n) is 12.5. The molecule has 2 N–H and O–H groups in total. The lowest BCUT2D eigenvalue weighted by molar-refractivity contribution is -0.384. The molecule has 120 valence electrons. The fourth-order valence-electron chi connectivity index (χ4n) is 1.99. The van der Waals surface area contributed by atoms with Gasteiger partial charge in [0.15, 0.2) is 0 Å². The summed E-state index contributed by atoms with van der Waals surface area (Å²) in [7, 11) is 0. The van der Waals surface area contributed by atoms with Crippen LogP contribution in [-0.4, -0.2) is 23.9 Å². The number of hydrogen-bond donors (Lipinski definition) is 2. The van der Waals surface area contributed by atoms with Crippen molar-refractivity contribution in [2.75, 3.05) is 18.4 Å². The van der Waals surface area contributed by atoms with Gasteiger partial charge in [0.1, 0.15) is 11.5 Å². The monoisotopic (exact) mass is 317 g/mol. The molecule has 1 amide bonds. The summed E-state index contributed by atoms with van der Waals surface area (Å²) in [6, 6.07) is 10.5. The Morgan fingerprint density at radius 2 is 1.96 bits per heavy atom. The minimum Gasteiger partial charge on any atom is -0.378 e. The van der Waals surface area contributed by atoms with Gasteiger partial charge in [0.2, 0.25) is 0 Å². The molecule has 0 aromatic heterocycles. The predicted molar refractivity (Wildman–Crippen MR) is 85.1 cm³/mol. The van der Waals surface area contributed by atoms with Gasteiger partial charge < -0.3 is 10.6 Å². The Balaban J connectivity index is 1.87. The number of aryl methyl sites for hydroxylation is 1. The third-order valence-corrected chi connectivity index (χ3v) is 3.26. The van der Waals surface area contributed by atoms with Crippen molar-refractivity contribution in [1.82, 2.24) is 5.32 Å². The molecule has 0 spiro atoms. The summed E-state index contributed by atoms with van der Waals surface area (Å²) in [5.74, 6) is -0.830. The van der Waals surface area contributed by atoms with Gasteiger partial charge in [-0.2, -0.15) is 0 Å². The molecule has 0 heterocycles. The second-order valence-corrected chi connectivity index (χ2v) is 4.92. The number of benzene rings is 2. The van der Waals surface area contributed by atoms with E-state index in [0.717, 1.165) is 0 Å². The largest absolute Gasteiger partial charge is 0.378 e. The van der Waals surface area contributed by atoms with Crippen LogP contribution in [0.1, 0.15) is 15.9 Å². The van der Waals surface area contributed by atoms with Crippen molar-refractivity contribution in [3.63, 3.8) is 0 Å². The molecule has 0 radical (unpaired) electrons. The number of anilines is 1. The van der Waals surface area contributed by atoms with Gasteiger partial charge in [-0.25, -0.2) is 4.39 Å². The molecule has 0 bridgehead atoms. The Morgan fingerprint density at radius 1 is 1.22 bits per heavy atom. The van der Waals surface area contributed by atoms with E-state index in [0.29, 0.717) is 17.8 Å². The van der Waals surface area contributed by atoms with Crippen LogP contribution in [-0.2, 0) is 0 Å². The fourth-order valence-corrected chi connectivity index (χ4v) is 1.99. The van der Waals surface area contributed by atoms with Crippen LogP contribution >= 0.6 is 0 Å². The van der Waals surface area contributed by atoms with Crippen molar-refractivity contribution in [3.8, 4) is 0 Å². The highest BCUT2D eigenvalue weighted by Gasteiger charge is 2.12. The second kappa shape index (κ2) is 7.35. The SMILES string of the molecule is Cc1ccc(C(=O)NCCNc2ccccc2[N+](=O)[O-])cc1F. The molecule has 23 heavy (non-hydrogen) atoms. The maximum Gasteiger partial charge on any atom is 0.292 e. The van der Waals surface area contributed by atoms with Crippen LogP contribution in [0.3, 0.4) is 0 Å². The van der Waals surface area contributed by atoms with Crippen molar-refractivity contribution in [3.05, 3.63) is 69.5 Å². The first kappa shape index (κ1) is 16.4. The molecule has 0 fully saturated rings. The van der Waals surface area contributed by atoms with Crippen LogP contribution < -0.4 is 10.6 Å². The Hall–Kier alpha value is -2.96. The van der Waals surface area contributed by atoms with Crippen LogP contribution in [0.25, 0.3) is 0 Å². The number of para-hydroxylation sites is 2. The highest BCUT2D eigenvalue weighted by atomic mass is 19.1. The molecular weight excluding hydrogens is 301 g/mol. The Labute approximate surface area is 132 Å². The van der Waals surface area contributed by atoms with Crippen molar-refractivity contribution in [2.24, 2.45) is 0 Å². The van der Waals surface area contributed by atoms with Gasteiger partial charge in [0.25, 0.3) is 11.6 Å². The maximum absolute atomic E-state index is 13.4. The van der Waals surface area contributed by atoms with E-state index in [2.05, 4.69) is 10.6 Å². The number of nitrogens with zero attached hydrogens (tertiary/aromatic N) is 1. The molecule has 0 aliphatic heterocycles. The Morgan fingerprint density at radius 3 is 2.65 bits per heavy atom. The molecule has 2 aromatic carbocycles. The third-order valence-electron chi connectivity index (χ3n) is 3.26. The summed E-state index contributed by atoms with van der Waals surface area (Å²) in [5.41, 5.74) is 1.06. The highest BCUT2D eigenvalue weighted by Crippen LogP contribution is 2.22. The average Bonchev–Trinajstić information content (AvgIpc) is 2.54. The van der Waals surface area contributed by atoms with Crippen molar-refractivity contribution in [2.45, 2.75) is 6.92 Å². The van der Waals surface area contributed by atoms with E-state index in [-0.39, 0.29) is 17.8 Å². The van der Waals surface area contributed by atoms with Gasteiger partial charge in [0, 0.05) is 24.7 Å². The fraction of sp³-hybridized carbons (Fsp3) is 0.188. The lowest BCUT2D eigenvalue weighted by Crippen LogP contribution is -2.29. The van der Waals surface area contributed by atoms with E-state index in [1.165, 1.54) is 18.2 Å². The van der Waals surface area contributed by atoms with E-state index in [4.69, 9.17) is 0 Å². The van der Waals surface area contributed by atoms with Gasteiger partial charge in [0.05, 0.1) is 4.92 Å². The van der Waals surface area contributed by atoms with E-state index in [1.807, 2.05) is 0 Å². The molecule has 0 aliphatic carbocycles. The molecule has 0 saturated heterocycles. The first-order valence-corrected chi connectivity index (χ1v) is 7.00. The summed E-state index contributed by atoms with van der Waals surface area (Å²) in [4.78, 5) is 22.3. The first-order chi connectivity index (χ1) is 11.0. The molecule has 0 aliphatic rings.